The van der Waals surface area contributed by atoms with Gasteiger partial charge in [0.2, 0.25) is 11.8 Å². The second-order valence-corrected chi connectivity index (χ2v) is 5.46. The van der Waals surface area contributed by atoms with E-state index in [1.54, 1.807) is 4.90 Å². The van der Waals surface area contributed by atoms with Gasteiger partial charge in [-0.3, -0.25) is 9.59 Å². The fourth-order valence-corrected chi connectivity index (χ4v) is 2.26. The van der Waals surface area contributed by atoms with Gasteiger partial charge >= 0.3 is 0 Å². The molecule has 2 amide bonds. The van der Waals surface area contributed by atoms with Crippen molar-refractivity contribution in [1.29, 1.82) is 0 Å². The Bertz CT molecular complexity index is 477. The highest BCUT2D eigenvalue weighted by molar-refractivity contribution is 5.95. The van der Waals surface area contributed by atoms with Crippen molar-refractivity contribution in [3.8, 4) is 0 Å². The normalized spacial score (nSPS) is 10.3. The smallest absolute Gasteiger partial charge is 0.244 e. The van der Waals surface area contributed by atoms with Gasteiger partial charge in [0.1, 0.15) is 0 Å². The minimum atomic E-state index is -0.140. The van der Waals surface area contributed by atoms with Crippen LogP contribution in [-0.2, 0) is 9.59 Å². The van der Waals surface area contributed by atoms with E-state index in [1.165, 1.54) is 6.92 Å². The summed E-state index contributed by atoms with van der Waals surface area (Å²) in [6.07, 6.45) is 3.11. The van der Waals surface area contributed by atoms with Crippen LogP contribution in [0.4, 0.5) is 5.69 Å². The van der Waals surface area contributed by atoms with E-state index >= 15 is 0 Å². The monoisotopic (exact) mass is 290 g/mol. The first kappa shape index (κ1) is 17.2. The molecule has 0 heterocycles. The SMILES string of the molecule is CCCCCN(CC(=O)Nc1c(C)cccc1C)C(C)=O. The zero-order chi connectivity index (χ0) is 15.8. The summed E-state index contributed by atoms with van der Waals surface area (Å²) < 4.78 is 0. The summed E-state index contributed by atoms with van der Waals surface area (Å²) in [7, 11) is 0. The summed E-state index contributed by atoms with van der Waals surface area (Å²) >= 11 is 0. The van der Waals surface area contributed by atoms with E-state index in [1.807, 2.05) is 32.0 Å². The highest BCUT2D eigenvalue weighted by atomic mass is 16.2. The Kier molecular flexibility index (Phi) is 6.92. The Hall–Kier alpha value is -1.84. The van der Waals surface area contributed by atoms with Crippen molar-refractivity contribution in [3.63, 3.8) is 0 Å². The van der Waals surface area contributed by atoms with Crippen LogP contribution in [0.1, 0.15) is 44.2 Å². The van der Waals surface area contributed by atoms with E-state index < -0.39 is 0 Å². The van der Waals surface area contributed by atoms with Gasteiger partial charge in [-0.1, -0.05) is 38.0 Å². The molecule has 21 heavy (non-hydrogen) atoms. The zero-order valence-electron chi connectivity index (χ0n) is 13.5. The first-order valence-electron chi connectivity index (χ1n) is 7.57. The number of carbonyl (C=O) groups excluding carboxylic acids is 2. The number of hydrogen-bond donors (Lipinski definition) is 1. The molecular weight excluding hydrogens is 264 g/mol. The summed E-state index contributed by atoms with van der Waals surface area (Å²) in [6, 6.07) is 5.89. The third-order valence-corrected chi connectivity index (χ3v) is 3.56. The number of benzene rings is 1. The average molecular weight is 290 g/mol. The molecule has 0 atom stereocenters. The molecule has 0 unspecified atom stereocenters. The number of aryl methyl sites for hydroxylation is 2. The number of nitrogens with one attached hydrogen (secondary N) is 1. The van der Waals surface area contributed by atoms with E-state index in [0.717, 1.165) is 36.1 Å². The lowest BCUT2D eigenvalue weighted by molar-refractivity contribution is -0.132. The van der Waals surface area contributed by atoms with Crippen molar-refractivity contribution in [2.24, 2.45) is 0 Å². The average Bonchev–Trinajstić information content (AvgIpc) is 2.42. The van der Waals surface area contributed by atoms with Crippen molar-refractivity contribution in [2.45, 2.75) is 47.0 Å². The molecule has 1 N–H and O–H groups in total. The van der Waals surface area contributed by atoms with E-state index in [4.69, 9.17) is 0 Å². The molecule has 4 nitrogen and oxygen atoms in total. The molecule has 0 spiro atoms. The first-order valence-corrected chi connectivity index (χ1v) is 7.57. The number of rotatable bonds is 7. The Labute approximate surface area is 127 Å². The van der Waals surface area contributed by atoms with E-state index in [9.17, 15) is 9.59 Å². The second kappa shape index (κ2) is 8.45. The lowest BCUT2D eigenvalue weighted by Gasteiger charge is -2.21. The molecule has 0 saturated heterocycles. The number of carbonyl (C=O) groups is 2. The summed E-state index contributed by atoms with van der Waals surface area (Å²) in [5, 5.41) is 2.92. The van der Waals surface area contributed by atoms with Crippen LogP contribution in [0.25, 0.3) is 0 Å². The van der Waals surface area contributed by atoms with Crippen LogP contribution < -0.4 is 5.32 Å². The molecule has 116 valence electrons. The molecule has 0 fully saturated rings. The van der Waals surface area contributed by atoms with Gasteiger partial charge in [0.15, 0.2) is 0 Å². The lowest BCUT2D eigenvalue weighted by Crippen LogP contribution is -2.37. The lowest BCUT2D eigenvalue weighted by atomic mass is 10.1. The summed E-state index contributed by atoms with van der Waals surface area (Å²) in [5.74, 6) is -0.193. The Morgan fingerprint density at radius 2 is 1.76 bits per heavy atom. The number of nitrogens with zero attached hydrogens (tertiary/aromatic N) is 1. The molecule has 0 bridgehead atoms. The van der Waals surface area contributed by atoms with Crippen LogP contribution in [0.2, 0.25) is 0 Å². The molecular formula is C17H26N2O2. The quantitative estimate of drug-likeness (QED) is 0.783. The van der Waals surface area contributed by atoms with Gasteiger partial charge < -0.3 is 10.2 Å². The maximum absolute atomic E-state index is 12.2. The minimum absolute atomic E-state index is 0.0530. The van der Waals surface area contributed by atoms with Crippen molar-refractivity contribution in [1.82, 2.24) is 4.90 Å². The predicted octanol–water partition coefficient (Wildman–Crippen LogP) is 3.28. The van der Waals surface area contributed by atoms with E-state index in [0.29, 0.717) is 6.54 Å². The predicted molar refractivity (Wildman–Crippen MR) is 86.3 cm³/mol. The third-order valence-electron chi connectivity index (χ3n) is 3.56. The van der Waals surface area contributed by atoms with Crippen LogP contribution in [0, 0.1) is 13.8 Å². The van der Waals surface area contributed by atoms with Crippen molar-refractivity contribution in [3.05, 3.63) is 29.3 Å². The fourth-order valence-electron chi connectivity index (χ4n) is 2.26. The molecule has 4 heteroatoms. The number of para-hydroxylation sites is 1. The zero-order valence-corrected chi connectivity index (χ0v) is 13.5. The van der Waals surface area contributed by atoms with Crippen LogP contribution >= 0.6 is 0 Å². The molecule has 1 aromatic rings. The number of anilines is 1. The summed E-state index contributed by atoms with van der Waals surface area (Å²) in [5.41, 5.74) is 2.91. The minimum Gasteiger partial charge on any atom is -0.334 e. The van der Waals surface area contributed by atoms with Gasteiger partial charge in [-0.15, -0.1) is 0 Å². The van der Waals surface area contributed by atoms with Crippen LogP contribution in [0.3, 0.4) is 0 Å². The van der Waals surface area contributed by atoms with Gasteiger partial charge in [0.05, 0.1) is 6.54 Å². The topological polar surface area (TPSA) is 49.4 Å². The van der Waals surface area contributed by atoms with Gasteiger partial charge in [0.25, 0.3) is 0 Å². The van der Waals surface area contributed by atoms with Crippen molar-refractivity contribution >= 4 is 17.5 Å². The van der Waals surface area contributed by atoms with Gasteiger partial charge in [-0.05, 0) is 31.4 Å². The Balaban J connectivity index is 2.63. The van der Waals surface area contributed by atoms with Gasteiger partial charge in [0, 0.05) is 19.2 Å². The van der Waals surface area contributed by atoms with Crippen molar-refractivity contribution < 1.29 is 9.59 Å². The van der Waals surface area contributed by atoms with Crippen molar-refractivity contribution in [2.75, 3.05) is 18.4 Å². The number of unbranched alkanes of at least 4 members (excludes halogenated alkanes) is 2. The Morgan fingerprint density at radius 1 is 1.14 bits per heavy atom. The maximum atomic E-state index is 12.2. The maximum Gasteiger partial charge on any atom is 0.244 e. The number of amides is 2. The van der Waals surface area contributed by atoms with Crippen LogP contribution in [-0.4, -0.2) is 29.8 Å². The largest absolute Gasteiger partial charge is 0.334 e. The van der Waals surface area contributed by atoms with Crippen LogP contribution in [0.15, 0.2) is 18.2 Å². The van der Waals surface area contributed by atoms with Crippen LogP contribution in [0.5, 0.6) is 0 Å². The van der Waals surface area contributed by atoms with E-state index in [-0.39, 0.29) is 18.4 Å². The molecule has 1 rings (SSSR count). The Morgan fingerprint density at radius 3 is 2.29 bits per heavy atom. The molecule has 0 aliphatic carbocycles. The fraction of sp³-hybridized carbons (Fsp3) is 0.529. The molecule has 0 aromatic heterocycles. The molecule has 0 radical (unpaired) electrons. The third kappa shape index (κ3) is 5.58. The van der Waals surface area contributed by atoms with Gasteiger partial charge in [-0.2, -0.15) is 0 Å². The molecule has 0 aliphatic rings. The summed E-state index contributed by atoms with van der Waals surface area (Å²) in [4.78, 5) is 25.4. The van der Waals surface area contributed by atoms with Gasteiger partial charge in [-0.25, -0.2) is 0 Å². The first-order chi connectivity index (χ1) is 9.95. The molecule has 0 saturated carbocycles. The standard InChI is InChI=1S/C17H26N2O2/c1-5-6-7-11-19(15(4)20)12-16(21)18-17-13(2)9-8-10-14(17)3/h8-10H,5-7,11-12H2,1-4H3,(H,18,21). The summed E-state index contributed by atoms with van der Waals surface area (Å²) in [6.45, 7) is 8.32. The number of hydrogen-bond acceptors (Lipinski definition) is 2. The van der Waals surface area contributed by atoms with E-state index in [2.05, 4.69) is 12.2 Å². The second-order valence-electron chi connectivity index (χ2n) is 5.46. The molecule has 1 aromatic carbocycles. The highest BCUT2D eigenvalue weighted by Gasteiger charge is 2.14. The highest BCUT2D eigenvalue weighted by Crippen LogP contribution is 2.19. The molecule has 0 aliphatic heterocycles.